The van der Waals surface area contributed by atoms with Gasteiger partial charge < -0.3 is 4.74 Å². The number of nitrogens with zero attached hydrogens (tertiary/aromatic N) is 2. The Balaban J connectivity index is 2.65. The van der Waals surface area contributed by atoms with E-state index in [1.807, 2.05) is 6.07 Å². The number of carbonyl (C=O) groups excluding carboxylic acids is 1. The summed E-state index contributed by atoms with van der Waals surface area (Å²) in [4.78, 5) is 15.4. The Bertz CT molecular complexity index is 462. The van der Waals surface area contributed by atoms with Gasteiger partial charge in [0.05, 0.1) is 11.3 Å². The third-order valence-corrected chi connectivity index (χ3v) is 1.71. The molecule has 0 unspecified atom stereocenters. The Morgan fingerprint density at radius 2 is 2.18 bits per heavy atom. The molecule has 0 aliphatic rings. The van der Waals surface area contributed by atoms with E-state index in [-0.39, 0.29) is 0 Å². The predicted octanol–water partition coefficient (Wildman–Crippen LogP) is 2.31. The van der Waals surface area contributed by atoms with Gasteiger partial charge in [0.1, 0.15) is 11.7 Å². The van der Waals surface area contributed by atoms with E-state index in [1.54, 1.807) is 39.0 Å². The molecular formula is C13H14N2O2. The van der Waals surface area contributed by atoms with E-state index in [4.69, 9.17) is 10.00 Å². The van der Waals surface area contributed by atoms with Crippen molar-refractivity contribution in [3.63, 3.8) is 0 Å². The molecule has 1 aromatic heterocycles. The zero-order valence-corrected chi connectivity index (χ0v) is 10.1. The minimum Gasteiger partial charge on any atom is -0.457 e. The van der Waals surface area contributed by atoms with E-state index in [9.17, 15) is 4.79 Å². The van der Waals surface area contributed by atoms with E-state index >= 15 is 0 Å². The molecule has 0 spiro atoms. The lowest BCUT2D eigenvalue weighted by Gasteiger charge is -2.17. The number of esters is 1. The summed E-state index contributed by atoms with van der Waals surface area (Å²) in [6.45, 7) is 5.41. The van der Waals surface area contributed by atoms with E-state index in [1.165, 1.54) is 12.3 Å². The van der Waals surface area contributed by atoms with Crippen molar-refractivity contribution in [1.82, 2.24) is 4.98 Å². The normalized spacial score (nSPS) is 11.2. The van der Waals surface area contributed by atoms with Crippen LogP contribution in [-0.2, 0) is 9.53 Å². The van der Waals surface area contributed by atoms with Crippen LogP contribution in [0.4, 0.5) is 0 Å². The first-order valence-corrected chi connectivity index (χ1v) is 5.18. The van der Waals surface area contributed by atoms with Crippen LogP contribution in [0.5, 0.6) is 0 Å². The van der Waals surface area contributed by atoms with E-state index in [2.05, 4.69) is 4.98 Å². The average molecular weight is 230 g/mol. The van der Waals surface area contributed by atoms with Crippen molar-refractivity contribution >= 4 is 12.0 Å². The van der Waals surface area contributed by atoms with Gasteiger partial charge in [0.15, 0.2) is 0 Å². The molecule has 0 aromatic carbocycles. The molecule has 0 aliphatic heterocycles. The monoisotopic (exact) mass is 230 g/mol. The maximum Gasteiger partial charge on any atom is 0.331 e. The lowest BCUT2D eigenvalue weighted by Crippen LogP contribution is -2.22. The Morgan fingerprint density at radius 3 is 2.65 bits per heavy atom. The summed E-state index contributed by atoms with van der Waals surface area (Å²) in [5.74, 6) is -0.413. The number of pyridine rings is 1. The van der Waals surface area contributed by atoms with Gasteiger partial charge in [0.25, 0.3) is 0 Å². The molecule has 88 valence electrons. The molecule has 4 heteroatoms. The molecule has 4 nitrogen and oxygen atoms in total. The van der Waals surface area contributed by atoms with Crippen molar-refractivity contribution in [3.8, 4) is 6.07 Å². The summed E-state index contributed by atoms with van der Waals surface area (Å²) < 4.78 is 5.10. The van der Waals surface area contributed by atoms with Gasteiger partial charge in [-0.05, 0) is 39.0 Å². The number of carbonyl (C=O) groups is 1. The maximum atomic E-state index is 11.4. The lowest BCUT2D eigenvalue weighted by molar-refractivity contribution is -0.148. The van der Waals surface area contributed by atoms with Gasteiger partial charge in [0, 0.05) is 12.3 Å². The Morgan fingerprint density at radius 1 is 1.47 bits per heavy atom. The highest BCUT2D eigenvalue weighted by Gasteiger charge is 2.13. The van der Waals surface area contributed by atoms with Gasteiger partial charge in [0.2, 0.25) is 0 Å². The molecule has 0 aliphatic carbocycles. The van der Waals surface area contributed by atoms with E-state index in [0.717, 1.165) is 0 Å². The highest BCUT2D eigenvalue weighted by molar-refractivity contribution is 5.86. The summed E-state index contributed by atoms with van der Waals surface area (Å²) in [5.41, 5.74) is 0.591. The fourth-order valence-electron chi connectivity index (χ4n) is 1.06. The largest absolute Gasteiger partial charge is 0.457 e. The van der Waals surface area contributed by atoms with Crippen LogP contribution in [0.15, 0.2) is 24.4 Å². The van der Waals surface area contributed by atoms with Crippen molar-refractivity contribution in [3.05, 3.63) is 35.7 Å². The molecule has 0 amide bonds. The van der Waals surface area contributed by atoms with Gasteiger partial charge in [-0.25, -0.2) is 4.79 Å². The molecule has 0 saturated carbocycles. The summed E-state index contributed by atoms with van der Waals surface area (Å²) in [6.07, 6.45) is 4.32. The molecule has 0 radical (unpaired) electrons. The molecule has 0 bridgehead atoms. The van der Waals surface area contributed by atoms with Crippen molar-refractivity contribution in [2.45, 2.75) is 26.4 Å². The zero-order chi connectivity index (χ0) is 12.9. The summed E-state index contributed by atoms with van der Waals surface area (Å²) in [7, 11) is 0. The number of nitriles is 1. The number of aromatic nitrogens is 1. The molecule has 0 N–H and O–H groups in total. The van der Waals surface area contributed by atoms with Crippen LogP contribution in [0.3, 0.4) is 0 Å². The molecule has 0 atom stereocenters. The van der Waals surface area contributed by atoms with Crippen molar-refractivity contribution in [1.29, 1.82) is 5.26 Å². The van der Waals surface area contributed by atoms with Crippen LogP contribution in [0, 0.1) is 11.3 Å². The van der Waals surface area contributed by atoms with Gasteiger partial charge in [-0.3, -0.25) is 4.98 Å². The Kier molecular flexibility index (Phi) is 4.00. The number of rotatable bonds is 2. The number of hydrogen-bond donors (Lipinski definition) is 0. The molecule has 1 aromatic rings. The molecule has 1 rings (SSSR count). The Labute approximate surface area is 101 Å². The predicted molar refractivity (Wildman–Crippen MR) is 63.8 cm³/mol. The molecule has 0 fully saturated rings. The first-order chi connectivity index (χ1) is 7.90. The van der Waals surface area contributed by atoms with Crippen molar-refractivity contribution in [2.24, 2.45) is 0 Å². The van der Waals surface area contributed by atoms with Crippen LogP contribution in [0.25, 0.3) is 6.08 Å². The number of ether oxygens (including phenoxy) is 1. The summed E-state index contributed by atoms with van der Waals surface area (Å²) >= 11 is 0. The van der Waals surface area contributed by atoms with Crippen LogP contribution in [0.1, 0.15) is 32.0 Å². The second-order valence-corrected chi connectivity index (χ2v) is 4.45. The molecule has 1 heterocycles. The average Bonchev–Trinajstić information content (AvgIpc) is 2.25. The fraction of sp³-hybridized carbons (Fsp3) is 0.308. The van der Waals surface area contributed by atoms with Crippen LogP contribution in [-0.4, -0.2) is 16.6 Å². The molecular weight excluding hydrogens is 216 g/mol. The SMILES string of the molecule is CC(C)(C)OC(=O)/C=C/c1ccc(C#N)cn1. The third kappa shape index (κ3) is 4.94. The van der Waals surface area contributed by atoms with Crippen LogP contribution < -0.4 is 0 Å². The van der Waals surface area contributed by atoms with Crippen molar-refractivity contribution in [2.75, 3.05) is 0 Å². The van der Waals surface area contributed by atoms with E-state index < -0.39 is 11.6 Å². The lowest BCUT2D eigenvalue weighted by atomic mass is 10.2. The van der Waals surface area contributed by atoms with Gasteiger partial charge >= 0.3 is 5.97 Å². The Hall–Kier alpha value is -2.15. The smallest absolute Gasteiger partial charge is 0.331 e. The molecule has 17 heavy (non-hydrogen) atoms. The second kappa shape index (κ2) is 5.26. The van der Waals surface area contributed by atoms with Crippen LogP contribution >= 0.6 is 0 Å². The minimum absolute atomic E-state index is 0.413. The van der Waals surface area contributed by atoms with Crippen LogP contribution in [0.2, 0.25) is 0 Å². The fourth-order valence-corrected chi connectivity index (χ4v) is 1.06. The van der Waals surface area contributed by atoms with Gasteiger partial charge in [-0.15, -0.1) is 0 Å². The summed E-state index contributed by atoms with van der Waals surface area (Å²) in [6, 6.07) is 5.28. The highest BCUT2D eigenvalue weighted by Crippen LogP contribution is 2.08. The standard InChI is InChI=1S/C13H14N2O2/c1-13(2,3)17-12(16)7-6-11-5-4-10(8-14)9-15-11/h4-7,9H,1-3H3/b7-6+. The maximum absolute atomic E-state index is 11.4. The quantitative estimate of drug-likeness (QED) is 0.577. The first-order valence-electron chi connectivity index (χ1n) is 5.18. The summed E-state index contributed by atoms with van der Waals surface area (Å²) in [5, 5.41) is 8.59. The first kappa shape index (κ1) is 12.9. The topological polar surface area (TPSA) is 63.0 Å². The van der Waals surface area contributed by atoms with E-state index in [0.29, 0.717) is 11.3 Å². The molecule has 0 saturated heterocycles. The second-order valence-electron chi connectivity index (χ2n) is 4.45. The van der Waals surface area contributed by atoms with Gasteiger partial charge in [-0.2, -0.15) is 5.26 Å². The van der Waals surface area contributed by atoms with Crippen molar-refractivity contribution < 1.29 is 9.53 Å². The minimum atomic E-state index is -0.500. The highest BCUT2D eigenvalue weighted by atomic mass is 16.6. The number of hydrogen-bond acceptors (Lipinski definition) is 4. The zero-order valence-electron chi connectivity index (χ0n) is 10.1. The third-order valence-electron chi connectivity index (χ3n) is 1.71. The van der Waals surface area contributed by atoms with Gasteiger partial charge in [-0.1, -0.05) is 0 Å².